The average Bonchev–Trinajstić information content (AvgIpc) is 3.14. The van der Waals surface area contributed by atoms with Gasteiger partial charge in [0.1, 0.15) is 12.4 Å². The average molecular weight is 269 g/mol. The molecule has 2 N–H and O–H groups in total. The first-order valence-electron chi connectivity index (χ1n) is 6.09. The Bertz CT molecular complexity index is 714. The van der Waals surface area contributed by atoms with Crippen molar-refractivity contribution in [3.8, 4) is 11.5 Å². The minimum atomic E-state index is -0.595. The van der Waals surface area contributed by atoms with Gasteiger partial charge in [0.25, 0.3) is 0 Å². The van der Waals surface area contributed by atoms with Crippen LogP contribution >= 0.6 is 0 Å². The number of pyridine rings is 1. The van der Waals surface area contributed by atoms with E-state index in [4.69, 9.17) is 0 Å². The molecule has 0 unspecified atom stereocenters. The Morgan fingerprint density at radius 2 is 2.20 bits per heavy atom. The van der Waals surface area contributed by atoms with E-state index in [9.17, 15) is 4.39 Å². The van der Waals surface area contributed by atoms with E-state index >= 15 is 0 Å². The van der Waals surface area contributed by atoms with Gasteiger partial charge in [-0.15, -0.1) is 0 Å². The van der Waals surface area contributed by atoms with Crippen molar-refractivity contribution in [2.45, 2.75) is 6.67 Å². The molecule has 0 radical (unpaired) electrons. The molecule has 0 spiro atoms. The normalized spacial score (nSPS) is 11.2. The molecule has 0 fully saturated rings. The Hall–Kier alpha value is -2.76. The number of imidazole rings is 1. The molecule has 0 atom stereocenters. The van der Waals surface area contributed by atoms with E-state index in [0.29, 0.717) is 17.2 Å². The van der Waals surface area contributed by atoms with Gasteiger partial charge in [0, 0.05) is 30.4 Å². The van der Waals surface area contributed by atoms with E-state index in [1.54, 1.807) is 24.8 Å². The van der Waals surface area contributed by atoms with E-state index in [0.717, 1.165) is 11.1 Å². The van der Waals surface area contributed by atoms with E-state index < -0.39 is 6.67 Å². The lowest BCUT2D eigenvalue weighted by atomic mass is 10.2. The Morgan fingerprint density at radius 1 is 1.25 bits per heavy atom. The molecule has 0 aromatic carbocycles. The van der Waals surface area contributed by atoms with E-state index in [1.165, 1.54) is 0 Å². The van der Waals surface area contributed by atoms with Gasteiger partial charge in [-0.1, -0.05) is 18.2 Å². The molecular weight excluding hydrogens is 257 g/mol. The van der Waals surface area contributed by atoms with E-state index in [-0.39, 0.29) is 0 Å². The van der Waals surface area contributed by atoms with Crippen LogP contribution in [0.2, 0.25) is 0 Å². The molecule has 0 aliphatic carbocycles. The van der Waals surface area contributed by atoms with Crippen molar-refractivity contribution in [3.05, 3.63) is 53.7 Å². The van der Waals surface area contributed by atoms with Gasteiger partial charge in [0.2, 0.25) is 0 Å². The third-order valence-corrected chi connectivity index (χ3v) is 2.80. The highest BCUT2D eigenvalue weighted by molar-refractivity contribution is 5.76. The minimum Gasteiger partial charge on any atom is -0.343 e. The van der Waals surface area contributed by atoms with Gasteiger partial charge >= 0.3 is 0 Å². The summed E-state index contributed by atoms with van der Waals surface area (Å²) in [4.78, 5) is 11.1. The van der Waals surface area contributed by atoms with Crippen molar-refractivity contribution in [1.29, 1.82) is 0 Å². The molecule has 0 aliphatic rings. The van der Waals surface area contributed by atoms with Crippen LogP contribution in [-0.2, 0) is 6.67 Å². The van der Waals surface area contributed by atoms with Crippen LogP contribution in [0.1, 0.15) is 16.8 Å². The molecule has 0 aliphatic heterocycles. The maximum Gasteiger partial charge on any atom is 0.158 e. The van der Waals surface area contributed by atoms with Gasteiger partial charge in [0.05, 0.1) is 5.69 Å². The van der Waals surface area contributed by atoms with Gasteiger partial charge in [-0.2, -0.15) is 5.10 Å². The third kappa shape index (κ3) is 2.49. The highest BCUT2D eigenvalue weighted by Gasteiger charge is 2.10. The predicted octanol–water partition coefficient (Wildman–Crippen LogP) is 2.83. The topological polar surface area (TPSA) is 70.2 Å². The lowest BCUT2D eigenvalue weighted by Crippen LogP contribution is -1.85. The molecule has 3 heterocycles. The van der Waals surface area contributed by atoms with Crippen LogP contribution in [0.3, 0.4) is 0 Å². The summed E-state index contributed by atoms with van der Waals surface area (Å²) in [6.45, 7) is -0.595. The summed E-state index contributed by atoms with van der Waals surface area (Å²) >= 11 is 0. The molecule has 3 aromatic heterocycles. The number of aromatic amines is 2. The second-order valence-corrected chi connectivity index (χ2v) is 4.18. The van der Waals surface area contributed by atoms with Crippen LogP contribution in [0.5, 0.6) is 0 Å². The fourth-order valence-corrected chi connectivity index (χ4v) is 1.83. The van der Waals surface area contributed by atoms with Crippen molar-refractivity contribution in [2.24, 2.45) is 0 Å². The van der Waals surface area contributed by atoms with E-state index in [2.05, 4.69) is 25.1 Å². The molecule has 3 rings (SSSR count). The monoisotopic (exact) mass is 269 g/mol. The van der Waals surface area contributed by atoms with Crippen molar-refractivity contribution in [3.63, 3.8) is 0 Å². The zero-order valence-electron chi connectivity index (χ0n) is 10.5. The number of nitrogens with one attached hydrogen (secondary N) is 2. The standard InChI is InChI=1S/C14H12FN5/c15-6-12-9-17-14(19-12)13-11(8-18-20-13)4-3-10-2-1-5-16-7-10/h1-5,7-9H,6H2,(H,17,19)(H,18,20)/b4-3+. The summed E-state index contributed by atoms with van der Waals surface area (Å²) < 4.78 is 12.5. The largest absolute Gasteiger partial charge is 0.343 e. The molecule has 0 bridgehead atoms. The molecule has 6 heteroatoms. The van der Waals surface area contributed by atoms with Crippen LogP contribution in [0.25, 0.3) is 23.7 Å². The Kier molecular flexibility index (Phi) is 3.36. The molecule has 100 valence electrons. The van der Waals surface area contributed by atoms with Crippen LogP contribution in [0, 0.1) is 0 Å². The van der Waals surface area contributed by atoms with Gasteiger partial charge in [0.15, 0.2) is 5.82 Å². The lowest BCUT2D eigenvalue weighted by Gasteiger charge is -1.94. The highest BCUT2D eigenvalue weighted by atomic mass is 19.1. The van der Waals surface area contributed by atoms with Crippen molar-refractivity contribution >= 4 is 12.2 Å². The Balaban J connectivity index is 1.89. The van der Waals surface area contributed by atoms with Crippen LogP contribution in [-0.4, -0.2) is 25.1 Å². The van der Waals surface area contributed by atoms with Crippen LogP contribution < -0.4 is 0 Å². The number of H-pyrrole nitrogens is 2. The number of alkyl halides is 1. The van der Waals surface area contributed by atoms with Crippen LogP contribution in [0.15, 0.2) is 36.9 Å². The summed E-state index contributed by atoms with van der Waals surface area (Å²) in [5.41, 5.74) is 2.88. The van der Waals surface area contributed by atoms with E-state index in [1.807, 2.05) is 24.3 Å². The molecule has 0 saturated heterocycles. The predicted molar refractivity (Wildman–Crippen MR) is 74.1 cm³/mol. The van der Waals surface area contributed by atoms with Crippen molar-refractivity contribution in [2.75, 3.05) is 0 Å². The van der Waals surface area contributed by atoms with Gasteiger partial charge in [-0.3, -0.25) is 10.1 Å². The summed E-state index contributed by atoms with van der Waals surface area (Å²) in [6, 6.07) is 3.83. The summed E-state index contributed by atoms with van der Waals surface area (Å²) in [7, 11) is 0. The number of rotatable bonds is 4. The maximum atomic E-state index is 12.5. The minimum absolute atomic E-state index is 0.366. The highest BCUT2D eigenvalue weighted by Crippen LogP contribution is 2.20. The van der Waals surface area contributed by atoms with Crippen LogP contribution in [0.4, 0.5) is 4.39 Å². The zero-order valence-corrected chi connectivity index (χ0v) is 10.5. The molecule has 20 heavy (non-hydrogen) atoms. The molecule has 0 amide bonds. The van der Waals surface area contributed by atoms with Crippen molar-refractivity contribution in [1.82, 2.24) is 25.1 Å². The Labute approximate surface area is 114 Å². The summed E-state index contributed by atoms with van der Waals surface area (Å²) in [5, 5.41) is 6.93. The summed E-state index contributed by atoms with van der Waals surface area (Å²) in [5.74, 6) is 0.546. The first-order chi connectivity index (χ1) is 9.86. The van der Waals surface area contributed by atoms with Crippen molar-refractivity contribution < 1.29 is 4.39 Å². The fraction of sp³-hybridized carbons (Fsp3) is 0.0714. The lowest BCUT2D eigenvalue weighted by molar-refractivity contribution is 0.477. The molecule has 3 aromatic rings. The fourth-order valence-electron chi connectivity index (χ4n) is 1.83. The number of aromatic nitrogens is 5. The second-order valence-electron chi connectivity index (χ2n) is 4.18. The van der Waals surface area contributed by atoms with Gasteiger partial charge in [-0.25, -0.2) is 9.37 Å². The number of hydrogen-bond donors (Lipinski definition) is 2. The first-order valence-corrected chi connectivity index (χ1v) is 6.09. The maximum absolute atomic E-state index is 12.5. The smallest absolute Gasteiger partial charge is 0.158 e. The zero-order chi connectivity index (χ0) is 13.8. The number of halogens is 1. The quantitative estimate of drug-likeness (QED) is 0.765. The SMILES string of the molecule is FCc1c[nH]c(-c2n[nH]cc2/C=C/c2cccnc2)n1. The molecular formula is C14H12FN5. The number of nitrogens with zero attached hydrogens (tertiary/aromatic N) is 3. The second kappa shape index (κ2) is 5.48. The first kappa shape index (κ1) is 12.3. The molecule has 5 nitrogen and oxygen atoms in total. The Morgan fingerprint density at radius 3 is 2.95 bits per heavy atom. The van der Waals surface area contributed by atoms with Gasteiger partial charge < -0.3 is 4.98 Å². The third-order valence-electron chi connectivity index (χ3n) is 2.80. The number of hydrogen-bond acceptors (Lipinski definition) is 3. The summed E-state index contributed by atoms with van der Waals surface area (Å²) in [6.07, 6.45) is 10.6. The van der Waals surface area contributed by atoms with Gasteiger partial charge in [-0.05, 0) is 11.6 Å². The molecule has 0 saturated carbocycles.